The quantitative estimate of drug-likeness (QED) is 0.412. The summed E-state index contributed by atoms with van der Waals surface area (Å²) in [7, 11) is 3.13. The maximum atomic E-state index is 13.1. The molecule has 0 unspecified atom stereocenters. The third-order valence-electron chi connectivity index (χ3n) is 4.98. The minimum Gasteiger partial charge on any atom is -0.483 e. The maximum Gasteiger partial charge on any atom is 0.335 e. The molecule has 0 atom stereocenters. The van der Waals surface area contributed by atoms with E-state index in [0.717, 1.165) is 10.6 Å². The molecule has 11 heteroatoms. The van der Waals surface area contributed by atoms with E-state index in [9.17, 15) is 19.5 Å². The van der Waals surface area contributed by atoms with Crippen LogP contribution < -0.4 is 15.5 Å². The highest BCUT2D eigenvalue weighted by atomic mass is 35.5. The Morgan fingerprint density at radius 3 is 2.26 bits per heavy atom. The van der Waals surface area contributed by atoms with E-state index in [4.69, 9.17) is 38.5 Å². The van der Waals surface area contributed by atoms with Gasteiger partial charge in [-0.05, 0) is 47.3 Å². The summed E-state index contributed by atoms with van der Waals surface area (Å²) >= 11 is 12.4. The zero-order chi connectivity index (χ0) is 25.7. The van der Waals surface area contributed by atoms with E-state index in [1.165, 1.54) is 23.1 Å². The van der Waals surface area contributed by atoms with Crippen LogP contribution in [0.3, 0.4) is 0 Å². The Balaban J connectivity index is 1.90. The molecule has 3 N–H and O–H groups in total. The first-order valence-corrected chi connectivity index (χ1v) is 11.1. The summed E-state index contributed by atoms with van der Waals surface area (Å²) in [6, 6.07) is 12.4. The van der Waals surface area contributed by atoms with E-state index in [1.807, 2.05) is 0 Å². The van der Waals surface area contributed by atoms with Crippen LogP contribution in [-0.2, 0) is 21.0 Å². The predicted molar refractivity (Wildman–Crippen MR) is 133 cm³/mol. The number of nitrogens with zero attached hydrogens (tertiary/aromatic N) is 2. The molecule has 0 radical (unpaired) electrons. The van der Waals surface area contributed by atoms with Crippen LogP contribution in [0.4, 0.5) is 5.69 Å². The van der Waals surface area contributed by atoms with Gasteiger partial charge in [-0.25, -0.2) is 4.79 Å². The molecule has 3 rings (SSSR count). The zero-order valence-electron chi connectivity index (χ0n) is 19.0. The van der Waals surface area contributed by atoms with Gasteiger partial charge >= 0.3 is 5.97 Å². The Kier molecular flexibility index (Phi) is 8.52. The van der Waals surface area contributed by atoms with Crippen molar-refractivity contribution in [2.24, 2.45) is 5.73 Å². The van der Waals surface area contributed by atoms with Crippen molar-refractivity contribution < 1.29 is 29.1 Å². The number of benzene rings is 3. The topological polar surface area (TPSA) is 122 Å². The van der Waals surface area contributed by atoms with Crippen molar-refractivity contribution >= 4 is 57.4 Å². The molecule has 0 saturated carbocycles. The molecule has 0 heterocycles. The number of halogens is 2. The third kappa shape index (κ3) is 6.40. The predicted octanol–water partition coefficient (Wildman–Crippen LogP) is 3.74. The molecule has 0 aliphatic heterocycles. The second-order valence-corrected chi connectivity index (χ2v) is 8.52. The highest BCUT2D eigenvalue weighted by molar-refractivity contribution is 6.39. The number of rotatable bonds is 9. The number of likely N-dealkylation sites (N-methyl/N-ethyl adjacent to an activating group) is 1. The summed E-state index contributed by atoms with van der Waals surface area (Å²) in [5.41, 5.74) is 6.77. The van der Waals surface area contributed by atoms with Gasteiger partial charge in [-0.1, -0.05) is 35.3 Å². The van der Waals surface area contributed by atoms with E-state index in [2.05, 4.69) is 0 Å². The van der Waals surface area contributed by atoms with Crippen LogP contribution in [0, 0.1) is 0 Å². The number of carbonyl (C=O) groups excluding carboxylic acids is 2. The number of carboxylic acid groups (broad SMARTS) is 1. The van der Waals surface area contributed by atoms with E-state index >= 15 is 0 Å². The smallest absolute Gasteiger partial charge is 0.335 e. The molecule has 0 aliphatic carbocycles. The Hall–Kier alpha value is -3.37. The second kappa shape index (κ2) is 11.4. The van der Waals surface area contributed by atoms with Gasteiger partial charge < -0.3 is 20.5 Å². The van der Waals surface area contributed by atoms with Crippen LogP contribution in [0.25, 0.3) is 10.8 Å². The fourth-order valence-corrected chi connectivity index (χ4v) is 3.73. The number of hydrogen-bond acceptors (Lipinski definition) is 6. The lowest BCUT2D eigenvalue weighted by Gasteiger charge is -2.23. The summed E-state index contributed by atoms with van der Waals surface area (Å²) in [6.07, 6.45) is 0. The van der Waals surface area contributed by atoms with Gasteiger partial charge in [0.2, 0.25) is 0 Å². The lowest BCUT2D eigenvalue weighted by Crippen LogP contribution is -2.38. The van der Waals surface area contributed by atoms with Gasteiger partial charge in [0, 0.05) is 31.0 Å². The third-order valence-corrected chi connectivity index (χ3v) is 5.49. The molecular weight excluding hydrogens is 497 g/mol. The molecule has 0 aromatic heterocycles. The molecule has 35 heavy (non-hydrogen) atoms. The standard InChI is InChI=1S/C24H23Cl2N3O6/c1-28(2)21(30)13-35-29(18-5-3-14(11-27)4-6-18)22(31)12-34-20-9-16(24(32)33)7-15-8-17(25)10-19(26)23(15)20/h3-10H,11-13,27H2,1-2H3,(H,32,33). The molecule has 2 amide bonds. The second-order valence-electron chi connectivity index (χ2n) is 7.67. The van der Waals surface area contributed by atoms with Gasteiger partial charge in [-0.15, -0.1) is 0 Å². The van der Waals surface area contributed by atoms with Crippen molar-refractivity contribution in [3.63, 3.8) is 0 Å². The van der Waals surface area contributed by atoms with Crippen molar-refractivity contribution in [1.82, 2.24) is 4.90 Å². The summed E-state index contributed by atoms with van der Waals surface area (Å²) in [4.78, 5) is 43.6. The van der Waals surface area contributed by atoms with Crippen LogP contribution in [0.1, 0.15) is 15.9 Å². The molecule has 3 aromatic carbocycles. The lowest BCUT2D eigenvalue weighted by atomic mass is 10.1. The highest BCUT2D eigenvalue weighted by Gasteiger charge is 2.21. The van der Waals surface area contributed by atoms with Gasteiger partial charge in [0.15, 0.2) is 13.2 Å². The molecule has 0 fully saturated rings. The first-order chi connectivity index (χ1) is 16.6. The molecule has 0 spiro atoms. The normalized spacial score (nSPS) is 10.8. The van der Waals surface area contributed by atoms with Crippen LogP contribution >= 0.6 is 23.2 Å². The van der Waals surface area contributed by atoms with Crippen molar-refractivity contribution in [1.29, 1.82) is 0 Å². The Bertz CT molecular complexity index is 1260. The first kappa shape index (κ1) is 26.2. The Morgan fingerprint density at radius 1 is 0.971 bits per heavy atom. The van der Waals surface area contributed by atoms with E-state index in [-0.39, 0.29) is 28.8 Å². The SMILES string of the molecule is CN(C)C(=O)CON(C(=O)COc1cc(C(=O)O)cc2cc(Cl)cc(Cl)c12)c1ccc(CN)cc1. The Labute approximate surface area is 211 Å². The van der Waals surface area contributed by atoms with Crippen LogP contribution in [0.2, 0.25) is 10.0 Å². The average Bonchev–Trinajstić information content (AvgIpc) is 2.82. The Morgan fingerprint density at radius 2 is 1.66 bits per heavy atom. The van der Waals surface area contributed by atoms with Gasteiger partial charge in [0.1, 0.15) is 5.75 Å². The number of nitrogens with two attached hydrogens (primary N) is 1. The van der Waals surface area contributed by atoms with Crippen molar-refractivity contribution in [2.45, 2.75) is 6.54 Å². The number of fused-ring (bicyclic) bond motifs is 1. The first-order valence-electron chi connectivity index (χ1n) is 10.3. The van der Waals surface area contributed by atoms with Crippen LogP contribution in [0.15, 0.2) is 48.5 Å². The number of ether oxygens (including phenoxy) is 1. The fourth-order valence-electron chi connectivity index (χ4n) is 3.13. The lowest BCUT2D eigenvalue weighted by molar-refractivity contribution is -0.138. The minimum atomic E-state index is -1.19. The van der Waals surface area contributed by atoms with E-state index in [0.29, 0.717) is 28.0 Å². The number of hydroxylamine groups is 1. The summed E-state index contributed by atoms with van der Waals surface area (Å²) in [6.45, 7) is -0.611. The van der Waals surface area contributed by atoms with Crippen LogP contribution in [0.5, 0.6) is 5.75 Å². The molecule has 3 aromatic rings. The number of hydrogen-bond donors (Lipinski definition) is 2. The van der Waals surface area contributed by atoms with Crippen LogP contribution in [-0.4, -0.2) is 55.1 Å². The summed E-state index contributed by atoms with van der Waals surface area (Å²) in [5.74, 6) is -2.11. The highest BCUT2D eigenvalue weighted by Crippen LogP contribution is 2.36. The number of carbonyl (C=O) groups is 3. The van der Waals surface area contributed by atoms with E-state index < -0.39 is 18.5 Å². The number of aromatic carboxylic acids is 1. The average molecular weight is 520 g/mol. The number of carboxylic acids is 1. The maximum absolute atomic E-state index is 13.1. The molecule has 0 saturated heterocycles. The largest absolute Gasteiger partial charge is 0.483 e. The minimum absolute atomic E-state index is 0.0691. The van der Waals surface area contributed by atoms with E-state index in [1.54, 1.807) is 44.4 Å². The van der Waals surface area contributed by atoms with Crippen molar-refractivity contribution in [3.05, 3.63) is 69.7 Å². The summed E-state index contributed by atoms with van der Waals surface area (Å²) in [5, 5.41) is 11.8. The summed E-state index contributed by atoms with van der Waals surface area (Å²) < 4.78 is 5.72. The van der Waals surface area contributed by atoms with Crippen molar-refractivity contribution in [2.75, 3.05) is 32.4 Å². The van der Waals surface area contributed by atoms with Crippen molar-refractivity contribution in [3.8, 4) is 5.75 Å². The number of amides is 2. The molecule has 0 bridgehead atoms. The molecular formula is C24H23Cl2N3O6. The van der Waals surface area contributed by atoms with Gasteiger partial charge in [-0.2, -0.15) is 5.06 Å². The van der Waals surface area contributed by atoms with Gasteiger partial charge in [-0.3, -0.25) is 14.4 Å². The molecule has 184 valence electrons. The zero-order valence-corrected chi connectivity index (χ0v) is 20.5. The number of anilines is 1. The molecule has 0 aliphatic rings. The van der Waals surface area contributed by atoms with Gasteiger partial charge in [0.05, 0.1) is 16.3 Å². The monoisotopic (exact) mass is 519 g/mol. The van der Waals surface area contributed by atoms with Gasteiger partial charge in [0.25, 0.3) is 11.8 Å². The fraction of sp³-hybridized carbons (Fsp3) is 0.208. The molecule has 9 nitrogen and oxygen atoms in total.